The van der Waals surface area contributed by atoms with Gasteiger partial charge in [-0.2, -0.15) is 0 Å². The monoisotopic (exact) mass is 408 g/mol. The zero-order chi connectivity index (χ0) is 21.2. The molecule has 0 atom stereocenters. The summed E-state index contributed by atoms with van der Waals surface area (Å²) < 4.78 is 19.9. The van der Waals surface area contributed by atoms with Crippen molar-refractivity contribution in [3.8, 4) is 0 Å². The smallest absolute Gasteiger partial charge is 0.410 e. The normalized spacial score (nSPS) is 18.3. The number of carboxylic acids is 1. The van der Waals surface area contributed by atoms with Gasteiger partial charge in [-0.3, -0.25) is 4.79 Å². The summed E-state index contributed by atoms with van der Waals surface area (Å²) >= 11 is 0. The highest BCUT2D eigenvalue weighted by atomic mass is 19.1. The number of aliphatic carboxylic acids is 1. The minimum Gasteiger partial charge on any atom is -0.481 e. The van der Waals surface area contributed by atoms with Crippen molar-refractivity contribution in [2.24, 2.45) is 5.41 Å². The maximum Gasteiger partial charge on any atom is 0.410 e. The van der Waals surface area contributed by atoms with E-state index in [-0.39, 0.29) is 24.5 Å². The van der Waals surface area contributed by atoms with Crippen molar-refractivity contribution in [3.63, 3.8) is 0 Å². The zero-order valence-corrected chi connectivity index (χ0v) is 17.2. The van der Waals surface area contributed by atoms with E-state index in [4.69, 9.17) is 9.84 Å². The summed E-state index contributed by atoms with van der Waals surface area (Å²) in [5, 5.41) is 11.5. The SMILES string of the molecule is CC(C)(C)OC(=O)N1CC2(CCN(c3ncc(NCCC(=O)O)cc3F)CC2)C1. The largest absolute Gasteiger partial charge is 0.481 e. The summed E-state index contributed by atoms with van der Waals surface area (Å²) in [4.78, 5) is 30.6. The van der Waals surface area contributed by atoms with Crippen molar-refractivity contribution in [1.29, 1.82) is 0 Å². The van der Waals surface area contributed by atoms with Gasteiger partial charge in [0, 0.05) is 44.2 Å². The number of pyridine rings is 1. The van der Waals surface area contributed by atoms with Crippen LogP contribution in [0, 0.1) is 11.2 Å². The summed E-state index contributed by atoms with van der Waals surface area (Å²) in [6.07, 6.45) is 2.94. The van der Waals surface area contributed by atoms with Crippen LogP contribution in [0.2, 0.25) is 0 Å². The van der Waals surface area contributed by atoms with E-state index in [0.29, 0.717) is 37.7 Å². The third-order valence-corrected chi connectivity index (χ3v) is 5.32. The lowest BCUT2D eigenvalue weighted by Crippen LogP contribution is -2.62. The molecular formula is C20H29FN4O4. The molecule has 1 aromatic heterocycles. The molecular weight excluding hydrogens is 379 g/mol. The van der Waals surface area contributed by atoms with Gasteiger partial charge >= 0.3 is 12.1 Å². The number of carboxylic acid groups (broad SMARTS) is 1. The molecule has 1 amide bonds. The minimum atomic E-state index is -0.911. The minimum absolute atomic E-state index is 0.0438. The van der Waals surface area contributed by atoms with Crippen LogP contribution in [0.5, 0.6) is 0 Å². The number of halogens is 1. The van der Waals surface area contributed by atoms with Crippen molar-refractivity contribution < 1.29 is 23.8 Å². The van der Waals surface area contributed by atoms with Gasteiger partial charge in [0.1, 0.15) is 5.60 Å². The lowest BCUT2D eigenvalue weighted by Gasteiger charge is -2.53. The molecule has 3 heterocycles. The molecule has 29 heavy (non-hydrogen) atoms. The van der Waals surface area contributed by atoms with Gasteiger partial charge in [-0.25, -0.2) is 14.2 Å². The lowest BCUT2D eigenvalue weighted by atomic mass is 9.72. The number of aromatic nitrogens is 1. The maximum atomic E-state index is 14.5. The molecule has 160 valence electrons. The van der Waals surface area contributed by atoms with Crippen molar-refractivity contribution >= 4 is 23.6 Å². The molecule has 2 saturated heterocycles. The first-order chi connectivity index (χ1) is 13.6. The fourth-order valence-electron chi connectivity index (χ4n) is 3.80. The van der Waals surface area contributed by atoms with Crippen LogP contribution in [-0.4, -0.2) is 65.4 Å². The Morgan fingerprint density at radius 1 is 1.31 bits per heavy atom. The number of carbonyl (C=O) groups excluding carboxylic acids is 1. The Labute approximate surface area is 170 Å². The van der Waals surface area contributed by atoms with Crippen LogP contribution in [0.25, 0.3) is 0 Å². The second-order valence-corrected chi connectivity index (χ2v) is 8.92. The molecule has 2 aliphatic rings. The Hall–Kier alpha value is -2.58. The summed E-state index contributed by atoms with van der Waals surface area (Å²) in [6.45, 7) is 8.50. The van der Waals surface area contributed by atoms with Crippen LogP contribution in [-0.2, 0) is 9.53 Å². The number of nitrogens with one attached hydrogen (secondary N) is 1. The number of carbonyl (C=O) groups is 2. The number of anilines is 2. The number of hydrogen-bond donors (Lipinski definition) is 2. The van der Waals surface area contributed by atoms with Gasteiger partial charge in [0.05, 0.1) is 18.3 Å². The number of ether oxygens (including phenoxy) is 1. The van der Waals surface area contributed by atoms with Crippen LogP contribution in [0.4, 0.5) is 20.7 Å². The number of nitrogens with zero attached hydrogens (tertiary/aromatic N) is 3. The predicted molar refractivity (Wildman–Crippen MR) is 107 cm³/mol. The van der Waals surface area contributed by atoms with Crippen LogP contribution >= 0.6 is 0 Å². The standard InChI is InChI=1S/C20H29FN4O4/c1-19(2,3)29-18(28)25-12-20(13-25)5-8-24(9-6-20)17-15(21)10-14(11-23-17)22-7-4-16(26)27/h10-11,22H,4-9,12-13H2,1-3H3,(H,26,27). The van der Waals surface area contributed by atoms with E-state index in [1.54, 1.807) is 4.90 Å². The van der Waals surface area contributed by atoms with E-state index >= 15 is 0 Å². The molecule has 9 heteroatoms. The first kappa shape index (κ1) is 21.1. The number of rotatable bonds is 5. The first-order valence-corrected chi connectivity index (χ1v) is 9.91. The Bertz CT molecular complexity index is 764. The van der Waals surface area contributed by atoms with Gasteiger partial charge < -0.3 is 25.0 Å². The summed E-state index contributed by atoms with van der Waals surface area (Å²) in [5.74, 6) is -1.02. The Morgan fingerprint density at radius 2 is 1.97 bits per heavy atom. The van der Waals surface area contributed by atoms with E-state index in [1.807, 2.05) is 25.7 Å². The molecule has 1 aromatic rings. The molecule has 3 rings (SSSR count). The van der Waals surface area contributed by atoms with Crippen molar-refractivity contribution in [3.05, 3.63) is 18.1 Å². The Balaban J connectivity index is 1.50. The lowest BCUT2D eigenvalue weighted by molar-refractivity contribution is -0.136. The third kappa shape index (κ3) is 5.27. The fraction of sp³-hybridized carbons (Fsp3) is 0.650. The van der Waals surface area contributed by atoms with Gasteiger partial charge in [-0.15, -0.1) is 0 Å². The molecule has 0 radical (unpaired) electrons. The van der Waals surface area contributed by atoms with Crippen LogP contribution in [0.3, 0.4) is 0 Å². The fourth-order valence-corrected chi connectivity index (χ4v) is 3.80. The van der Waals surface area contributed by atoms with Crippen LogP contribution in [0.1, 0.15) is 40.0 Å². The molecule has 0 aliphatic carbocycles. The highest BCUT2D eigenvalue weighted by Crippen LogP contribution is 2.42. The van der Waals surface area contributed by atoms with Gasteiger partial charge in [0.2, 0.25) is 0 Å². The number of hydrogen-bond acceptors (Lipinski definition) is 6. The van der Waals surface area contributed by atoms with Crippen molar-refractivity contribution in [2.45, 2.75) is 45.6 Å². The summed E-state index contributed by atoms with van der Waals surface area (Å²) in [5.41, 5.74) is 0.0523. The van der Waals surface area contributed by atoms with Gasteiger partial charge in [-0.1, -0.05) is 0 Å². The van der Waals surface area contributed by atoms with E-state index in [2.05, 4.69) is 10.3 Å². The van der Waals surface area contributed by atoms with Crippen LogP contribution in [0.15, 0.2) is 12.3 Å². The molecule has 2 N–H and O–H groups in total. The highest BCUT2D eigenvalue weighted by molar-refractivity contribution is 5.69. The number of likely N-dealkylation sites (tertiary alicyclic amines) is 1. The topological polar surface area (TPSA) is 95.0 Å². The van der Waals surface area contributed by atoms with Crippen LogP contribution < -0.4 is 10.2 Å². The molecule has 0 saturated carbocycles. The van der Waals surface area contributed by atoms with E-state index in [1.165, 1.54) is 12.3 Å². The van der Waals surface area contributed by atoms with Gasteiger partial charge in [0.25, 0.3) is 0 Å². The van der Waals surface area contributed by atoms with Crippen molar-refractivity contribution in [1.82, 2.24) is 9.88 Å². The molecule has 1 spiro atoms. The molecule has 8 nitrogen and oxygen atoms in total. The van der Waals surface area contributed by atoms with Gasteiger partial charge in [-0.05, 0) is 33.6 Å². The predicted octanol–water partition coefficient (Wildman–Crippen LogP) is 2.94. The third-order valence-electron chi connectivity index (χ3n) is 5.32. The zero-order valence-electron chi connectivity index (χ0n) is 17.2. The second-order valence-electron chi connectivity index (χ2n) is 8.92. The average molecular weight is 408 g/mol. The second kappa shape index (κ2) is 8.04. The highest BCUT2D eigenvalue weighted by Gasteiger charge is 2.48. The first-order valence-electron chi connectivity index (χ1n) is 9.91. The Morgan fingerprint density at radius 3 is 2.52 bits per heavy atom. The molecule has 2 fully saturated rings. The molecule has 2 aliphatic heterocycles. The maximum absolute atomic E-state index is 14.5. The molecule has 0 unspecified atom stereocenters. The Kier molecular flexibility index (Phi) is 5.86. The molecule has 0 aromatic carbocycles. The number of piperidine rings is 1. The average Bonchev–Trinajstić information content (AvgIpc) is 2.58. The molecule has 0 bridgehead atoms. The number of amides is 1. The van der Waals surface area contributed by atoms with Gasteiger partial charge in [0.15, 0.2) is 11.6 Å². The van der Waals surface area contributed by atoms with E-state index < -0.39 is 17.4 Å². The summed E-state index contributed by atoms with van der Waals surface area (Å²) in [7, 11) is 0. The quantitative estimate of drug-likeness (QED) is 0.773. The van der Waals surface area contributed by atoms with Crippen molar-refractivity contribution in [2.75, 3.05) is 42.9 Å². The van der Waals surface area contributed by atoms with E-state index in [0.717, 1.165) is 12.8 Å². The van der Waals surface area contributed by atoms with E-state index in [9.17, 15) is 14.0 Å². The summed E-state index contributed by atoms with van der Waals surface area (Å²) in [6, 6.07) is 1.35.